The number of aromatic nitrogens is 1. The Morgan fingerprint density at radius 1 is 1.15 bits per heavy atom. The summed E-state index contributed by atoms with van der Waals surface area (Å²) < 4.78 is 5.73. The Balaban J connectivity index is 1.54. The second-order valence-corrected chi connectivity index (χ2v) is 10.9. The standard InChI is InChI=1S/C26H37Cl2N5O/c1-16(2)25(19-7-9-20(27)10-8-19)33-15-17(3)32(14-18(33)4)22-12-23(28)31-26(24(22)29)30-13-21-6-5-11-34-21/h7-10,12,16-18,21,25H,5-6,11,13-15,29H2,1-4H3,(H,30,31)/t17-,18+,21-,25?/m0/s1. The molecule has 0 saturated carbocycles. The molecule has 2 saturated heterocycles. The molecule has 186 valence electrons. The van der Waals surface area contributed by atoms with Crippen molar-refractivity contribution in [3.8, 4) is 0 Å². The molecule has 2 aromatic rings. The van der Waals surface area contributed by atoms with Gasteiger partial charge in [0.1, 0.15) is 5.15 Å². The lowest BCUT2D eigenvalue weighted by molar-refractivity contribution is 0.0824. The van der Waals surface area contributed by atoms with E-state index in [0.717, 1.165) is 43.2 Å². The molecular weight excluding hydrogens is 469 g/mol. The van der Waals surface area contributed by atoms with Crippen molar-refractivity contribution in [2.45, 2.75) is 64.8 Å². The lowest BCUT2D eigenvalue weighted by Gasteiger charge is -2.49. The first-order valence-corrected chi connectivity index (χ1v) is 13.1. The van der Waals surface area contributed by atoms with Gasteiger partial charge in [0.25, 0.3) is 0 Å². The molecule has 3 N–H and O–H groups in total. The van der Waals surface area contributed by atoms with Crippen LogP contribution in [-0.2, 0) is 4.74 Å². The summed E-state index contributed by atoms with van der Waals surface area (Å²) in [6.07, 6.45) is 2.36. The maximum absolute atomic E-state index is 6.63. The maximum atomic E-state index is 6.63. The fourth-order valence-corrected chi connectivity index (χ4v) is 5.71. The minimum Gasteiger partial charge on any atom is -0.394 e. The van der Waals surface area contributed by atoms with Crippen molar-refractivity contribution in [1.29, 1.82) is 0 Å². The van der Waals surface area contributed by atoms with Crippen LogP contribution in [0.4, 0.5) is 17.2 Å². The van der Waals surface area contributed by atoms with E-state index in [-0.39, 0.29) is 12.1 Å². The second kappa shape index (κ2) is 10.9. The van der Waals surface area contributed by atoms with Gasteiger partial charge in [-0.3, -0.25) is 4.90 Å². The third-order valence-corrected chi connectivity index (χ3v) is 7.52. The molecule has 1 aromatic carbocycles. The second-order valence-electron chi connectivity index (χ2n) is 10.0. The van der Waals surface area contributed by atoms with E-state index in [0.29, 0.717) is 41.2 Å². The van der Waals surface area contributed by atoms with Crippen LogP contribution in [0.15, 0.2) is 30.3 Å². The van der Waals surface area contributed by atoms with Gasteiger partial charge in [-0.25, -0.2) is 4.98 Å². The van der Waals surface area contributed by atoms with E-state index in [1.54, 1.807) is 0 Å². The zero-order chi connectivity index (χ0) is 24.4. The quantitative estimate of drug-likeness (QED) is 0.459. The van der Waals surface area contributed by atoms with Crippen LogP contribution in [0.25, 0.3) is 0 Å². The van der Waals surface area contributed by atoms with Gasteiger partial charge < -0.3 is 20.7 Å². The largest absolute Gasteiger partial charge is 0.394 e. The number of hydrogen-bond acceptors (Lipinski definition) is 6. The number of anilines is 3. The predicted molar refractivity (Wildman–Crippen MR) is 143 cm³/mol. The van der Waals surface area contributed by atoms with E-state index in [1.807, 2.05) is 18.2 Å². The van der Waals surface area contributed by atoms with Crippen molar-refractivity contribution in [2.75, 3.05) is 42.2 Å². The van der Waals surface area contributed by atoms with Crippen molar-refractivity contribution in [2.24, 2.45) is 5.92 Å². The van der Waals surface area contributed by atoms with Gasteiger partial charge in [-0.15, -0.1) is 0 Å². The Labute approximate surface area is 213 Å². The fourth-order valence-electron chi connectivity index (χ4n) is 5.40. The molecule has 4 rings (SSSR count). The summed E-state index contributed by atoms with van der Waals surface area (Å²) in [5, 5.41) is 4.59. The van der Waals surface area contributed by atoms with Crippen LogP contribution >= 0.6 is 23.2 Å². The Hall–Kier alpha value is -1.73. The van der Waals surface area contributed by atoms with E-state index in [9.17, 15) is 0 Å². The van der Waals surface area contributed by atoms with Crippen LogP contribution in [0, 0.1) is 5.92 Å². The lowest BCUT2D eigenvalue weighted by atomic mass is 9.91. The fraction of sp³-hybridized carbons (Fsp3) is 0.577. The number of hydrogen-bond donors (Lipinski definition) is 2. The zero-order valence-corrected chi connectivity index (χ0v) is 22.1. The third-order valence-electron chi connectivity index (χ3n) is 7.07. The summed E-state index contributed by atoms with van der Waals surface area (Å²) in [5.74, 6) is 1.11. The Morgan fingerprint density at radius 3 is 2.53 bits per heavy atom. The number of halogens is 2. The predicted octanol–water partition coefficient (Wildman–Crippen LogP) is 5.86. The van der Waals surface area contributed by atoms with Gasteiger partial charge in [0.05, 0.1) is 17.5 Å². The van der Waals surface area contributed by atoms with Crippen LogP contribution in [0.1, 0.15) is 52.1 Å². The molecule has 3 heterocycles. The summed E-state index contributed by atoms with van der Waals surface area (Å²) in [5.41, 5.74) is 9.53. The summed E-state index contributed by atoms with van der Waals surface area (Å²) in [4.78, 5) is 9.46. The van der Waals surface area contributed by atoms with E-state index in [4.69, 9.17) is 33.7 Å². The smallest absolute Gasteiger partial charge is 0.153 e. The highest BCUT2D eigenvalue weighted by atomic mass is 35.5. The SMILES string of the molecule is CC(C)C(c1ccc(Cl)cc1)N1C[C@H](C)N(c2cc(Cl)nc(NC[C@@H]3CCCO3)c2N)C[C@H]1C. The van der Waals surface area contributed by atoms with Gasteiger partial charge in [-0.1, -0.05) is 49.2 Å². The first-order chi connectivity index (χ1) is 16.2. The minimum absolute atomic E-state index is 0.201. The third kappa shape index (κ3) is 5.56. The Bertz CT molecular complexity index is 964. The molecule has 2 aliphatic heterocycles. The van der Waals surface area contributed by atoms with Crippen molar-refractivity contribution in [1.82, 2.24) is 9.88 Å². The molecule has 4 atom stereocenters. The van der Waals surface area contributed by atoms with Crippen LogP contribution < -0.4 is 16.0 Å². The number of nitrogens with one attached hydrogen (secondary N) is 1. The Morgan fingerprint density at radius 2 is 1.88 bits per heavy atom. The van der Waals surface area contributed by atoms with E-state index in [2.05, 4.69) is 59.9 Å². The molecule has 2 fully saturated rings. The van der Waals surface area contributed by atoms with Crippen LogP contribution in [0.2, 0.25) is 10.2 Å². The average molecular weight is 507 g/mol. The van der Waals surface area contributed by atoms with Crippen molar-refractivity contribution < 1.29 is 4.74 Å². The van der Waals surface area contributed by atoms with Gasteiger partial charge in [-0.05, 0) is 50.3 Å². The summed E-state index contributed by atoms with van der Waals surface area (Å²) in [6.45, 7) is 12.4. The number of nitrogens with two attached hydrogens (primary N) is 1. The van der Waals surface area contributed by atoms with Crippen LogP contribution in [0.5, 0.6) is 0 Å². The van der Waals surface area contributed by atoms with E-state index < -0.39 is 0 Å². The van der Waals surface area contributed by atoms with Crippen LogP contribution in [0.3, 0.4) is 0 Å². The number of nitrogen functional groups attached to an aromatic ring is 1. The minimum atomic E-state index is 0.201. The van der Waals surface area contributed by atoms with Gasteiger partial charge in [-0.2, -0.15) is 0 Å². The molecular formula is C26H37Cl2N5O. The van der Waals surface area contributed by atoms with Crippen molar-refractivity contribution in [3.05, 3.63) is 46.1 Å². The van der Waals surface area contributed by atoms with Crippen LogP contribution in [-0.4, -0.2) is 54.3 Å². The van der Waals surface area contributed by atoms with Crippen molar-refractivity contribution in [3.63, 3.8) is 0 Å². The number of rotatable bonds is 7. The topological polar surface area (TPSA) is 66.6 Å². The number of ether oxygens (including phenoxy) is 1. The highest BCUT2D eigenvalue weighted by molar-refractivity contribution is 6.30. The maximum Gasteiger partial charge on any atom is 0.153 e. The number of pyridine rings is 1. The van der Waals surface area contributed by atoms with Crippen molar-refractivity contribution >= 4 is 40.4 Å². The summed E-state index contributed by atoms with van der Waals surface area (Å²) in [7, 11) is 0. The molecule has 0 spiro atoms. The highest BCUT2D eigenvalue weighted by Gasteiger charge is 2.36. The van der Waals surface area contributed by atoms with Gasteiger partial charge in [0, 0.05) is 55.5 Å². The zero-order valence-electron chi connectivity index (χ0n) is 20.6. The molecule has 2 aliphatic rings. The molecule has 0 radical (unpaired) electrons. The van der Waals surface area contributed by atoms with E-state index in [1.165, 1.54) is 5.56 Å². The summed E-state index contributed by atoms with van der Waals surface area (Å²) >= 11 is 12.6. The first kappa shape index (κ1) is 25.4. The average Bonchev–Trinajstić information content (AvgIpc) is 3.31. The highest BCUT2D eigenvalue weighted by Crippen LogP contribution is 2.38. The molecule has 8 heteroatoms. The normalized spacial score (nSPS) is 24.6. The van der Waals surface area contributed by atoms with Gasteiger partial charge in [0.15, 0.2) is 5.82 Å². The molecule has 1 unspecified atom stereocenters. The Kier molecular flexibility index (Phi) is 8.13. The number of piperazine rings is 1. The molecule has 34 heavy (non-hydrogen) atoms. The summed E-state index contributed by atoms with van der Waals surface area (Å²) in [6, 6.07) is 11.1. The molecule has 1 aromatic heterocycles. The monoisotopic (exact) mass is 505 g/mol. The molecule has 0 bridgehead atoms. The number of nitrogens with zero attached hydrogens (tertiary/aromatic N) is 3. The molecule has 0 amide bonds. The molecule has 6 nitrogen and oxygen atoms in total. The number of benzene rings is 1. The van der Waals surface area contributed by atoms with Gasteiger partial charge in [0.2, 0.25) is 0 Å². The van der Waals surface area contributed by atoms with E-state index >= 15 is 0 Å². The molecule has 0 aliphatic carbocycles. The van der Waals surface area contributed by atoms with Gasteiger partial charge >= 0.3 is 0 Å². The lowest BCUT2D eigenvalue weighted by Crippen LogP contribution is -2.58. The first-order valence-electron chi connectivity index (χ1n) is 12.3.